The van der Waals surface area contributed by atoms with Crippen LogP contribution in [-0.2, 0) is 0 Å². The second-order valence-corrected chi connectivity index (χ2v) is 3.08. The molecular formula is C11H9FN2. The van der Waals surface area contributed by atoms with Crippen LogP contribution in [0.25, 0.3) is 11.3 Å². The lowest BCUT2D eigenvalue weighted by Crippen LogP contribution is -1.90. The molecule has 0 bridgehead atoms. The number of hydrogen-bond acceptors (Lipinski definition) is 2. The first kappa shape index (κ1) is 8.81. The molecule has 2 aromatic rings. The van der Waals surface area contributed by atoms with Crippen molar-refractivity contribution in [2.75, 3.05) is 0 Å². The van der Waals surface area contributed by atoms with Crippen LogP contribution in [0.3, 0.4) is 0 Å². The van der Waals surface area contributed by atoms with Crippen LogP contribution in [0.2, 0.25) is 0 Å². The van der Waals surface area contributed by atoms with Crippen LogP contribution in [0, 0.1) is 12.7 Å². The highest BCUT2D eigenvalue weighted by Crippen LogP contribution is 2.19. The summed E-state index contributed by atoms with van der Waals surface area (Å²) < 4.78 is 13.5. The lowest BCUT2D eigenvalue weighted by Gasteiger charge is -2.02. The van der Waals surface area contributed by atoms with Crippen molar-refractivity contribution in [2.45, 2.75) is 6.92 Å². The molecule has 0 aliphatic heterocycles. The number of aromatic nitrogens is 2. The smallest absolute Gasteiger partial charge is 0.149 e. The summed E-state index contributed by atoms with van der Waals surface area (Å²) in [5, 5.41) is 0. The Morgan fingerprint density at radius 3 is 2.57 bits per heavy atom. The molecule has 0 unspecified atom stereocenters. The van der Waals surface area contributed by atoms with Crippen LogP contribution in [0.15, 0.2) is 36.8 Å². The van der Waals surface area contributed by atoms with Gasteiger partial charge in [-0.05, 0) is 30.7 Å². The molecule has 0 saturated carbocycles. The molecule has 2 heterocycles. The van der Waals surface area contributed by atoms with Crippen molar-refractivity contribution < 1.29 is 4.39 Å². The second-order valence-electron chi connectivity index (χ2n) is 3.08. The summed E-state index contributed by atoms with van der Waals surface area (Å²) in [6, 6.07) is 4.95. The predicted octanol–water partition coefficient (Wildman–Crippen LogP) is 2.59. The van der Waals surface area contributed by atoms with E-state index < -0.39 is 0 Å². The SMILES string of the molecule is Cc1cnc(-c2ccncc2)c(F)c1. The van der Waals surface area contributed by atoms with Crippen LogP contribution in [0.1, 0.15) is 5.56 Å². The maximum Gasteiger partial charge on any atom is 0.149 e. The van der Waals surface area contributed by atoms with Gasteiger partial charge in [0.05, 0.1) is 0 Å². The first-order valence-electron chi connectivity index (χ1n) is 4.30. The van der Waals surface area contributed by atoms with Crippen molar-refractivity contribution in [3.63, 3.8) is 0 Å². The highest BCUT2D eigenvalue weighted by atomic mass is 19.1. The van der Waals surface area contributed by atoms with Gasteiger partial charge in [-0.2, -0.15) is 0 Å². The van der Waals surface area contributed by atoms with Crippen LogP contribution < -0.4 is 0 Å². The Morgan fingerprint density at radius 1 is 1.21 bits per heavy atom. The van der Waals surface area contributed by atoms with Gasteiger partial charge in [-0.3, -0.25) is 9.97 Å². The van der Waals surface area contributed by atoms with Crippen molar-refractivity contribution in [3.8, 4) is 11.3 Å². The van der Waals surface area contributed by atoms with Crippen LogP contribution in [0.5, 0.6) is 0 Å². The third-order valence-corrected chi connectivity index (χ3v) is 1.93. The standard InChI is InChI=1S/C11H9FN2/c1-8-6-10(12)11(14-7-8)9-2-4-13-5-3-9/h2-7H,1H3. The Balaban J connectivity index is 2.53. The van der Waals surface area contributed by atoms with E-state index >= 15 is 0 Å². The van der Waals surface area contributed by atoms with Crippen LogP contribution in [-0.4, -0.2) is 9.97 Å². The maximum absolute atomic E-state index is 13.5. The van der Waals surface area contributed by atoms with E-state index in [2.05, 4.69) is 9.97 Å². The van der Waals surface area contributed by atoms with E-state index in [1.807, 2.05) is 6.92 Å². The quantitative estimate of drug-likeness (QED) is 0.687. The molecule has 14 heavy (non-hydrogen) atoms. The molecule has 0 fully saturated rings. The summed E-state index contributed by atoms with van der Waals surface area (Å²) in [7, 11) is 0. The summed E-state index contributed by atoms with van der Waals surface area (Å²) in [5.74, 6) is -0.295. The number of nitrogens with zero attached hydrogens (tertiary/aromatic N) is 2. The van der Waals surface area contributed by atoms with E-state index in [0.29, 0.717) is 5.69 Å². The van der Waals surface area contributed by atoms with Gasteiger partial charge in [-0.25, -0.2) is 4.39 Å². The zero-order chi connectivity index (χ0) is 9.97. The molecule has 2 rings (SSSR count). The molecule has 0 atom stereocenters. The Hall–Kier alpha value is -1.77. The van der Waals surface area contributed by atoms with Gasteiger partial charge in [-0.15, -0.1) is 0 Å². The van der Waals surface area contributed by atoms with Crippen molar-refractivity contribution in [1.29, 1.82) is 0 Å². The fourth-order valence-corrected chi connectivity index (χ4v) is 1.26. The number of pyridine rings is 2. The van der Waals surface area contributed by atoms with Gasteiger partial charge in [0.25, 0.3) is 0 Å². The molecule has 0 spiro atoms. The average Bonchev–Trinajstić information content (AvgIpc) is 2.19. The molecule has 70 valence electrons. The Kier molecular flexibility index (Phi) is 2.23. The second kappa shape index (κ2) is 3.54. The van der Waals surface area contributed by atoms with E-state index in [1.54, 1.807) is 30.7 Å². The minimum atomic E-state index is -0.295. The van der Waals surface area contributed by atoms with Gasteiger partial charge in [0.2, 0.25) is 0 Å². The van der Waals surface area contributed by atoms with Crippen molar-refractivity contribution >= 4 is 0 Å². The molecule has 0 amide bonds. The fourth-order valence-electron chi connectivity index (χ4n) is 1.26. The van der Waals surface area contributed by atoms with Crippen molar-refractivity contribution in [1.82, 2.24) is 9.97 Å². The highest BCUT2D eigenvalue weighted by molar-refractivity contribution is 5.58. The zero-order valence-electron chi connectivity index (χ0n) is 7.74. The number of rotatable bonds is 1. The molecule has 2 aromatic heterocycles. The van der Waals surface area contributed by atoms with E-state index in [0.717, 1.165) is 11.1 Å². The molecule has 0 aromatic carbocycles. The fraction of sp³-hybridized carbons (Fsp3) is 0.0909. The van der Waals surface area contributed by atoms with Gasteiger partial charge in [-0.1, -0.05) is 0 Å². The number of hydrogen-bond donors (Lipinski definition) is 0. The molecule has 0 radical (unpaired) electrons. The van der Waals surface area contributed by atoms with Crippen molar-refractivity contribution in [3.05, 3.63) is 48.2 Å². The lowest BCUT2D eigenvalue weighted by atomic mass is 10.1. The molecule has 0 N–H and O–H groups in total. The van der Waals surface area contributed by atoms with Crippen LogP contribution >= 0.6 is 0 Å². The number of halogens is 1. The van der Waals surface area contributed by atoms with Crippen LogP contribution in [0.4, 0.5) is 4.39 Å². The summed E-state index contributed by atoms with van der Waals surface area (Å²) in [4.78, 5) is 7.91. The highest BCUT2D eigenvalue weighted by Gasteiger charge is 2.05. The van der Waals surface area contributed by atoms with Gasteiger partial charge in [0.1, 0.15) is 11.5 Å². The maximum atomic E-state index is 13.5. The first-order chi connectivity index (χ1) is 6.77. The average molecular weight is 188 g/mol. The van der Waals surface area contributed by atoms with E-state index in [4.69, 9.17) is 0 Å². The molecule has 0 saturated heterocycles. The van der Waals surface area contributed by atoms with Gasteiger partial charge in [0.15, 0.2) is 0 Å². The molecule has 2 nitrogen and oxygen atoms in total. The zero-order valence-corrected chi connectivity index (χ0v) is 7.74. The summed E-state index contributed by atoms with van der Waals surface area (Å²) >= 11 is 0. The van der Waals surface area contributed by atoms with E-state index in [-0.39, 0.29) is 5.82 Å². The normalized spacial score (nSPS) is 10.1. The molecular weight excluding hydrogens is 179 g/mol. The van der Waals surface area contributed by atoms with E-state index in [9.17, 15) is 4.39 Å². The van der Waals surface area contributed by atoms with Gasteiger partial charge >= 0.3 is 0 Å². The Morgan fingerprint density at radius 2 is 1.93 bits per heavy atom. The monoisotopic (exact) mass is 188 g/mol. The largest absolute Gasteiger partial charge is 0.265 e. The Bertz CT molecular complexity index is 440. The summed E-state index contributed by atoms with van der Waals surface area (Å²) in [6.45, 7) is 1.81. The van der Waals surface area contributed by atoms with E-state index in [1.165, 1.54) is 6.07 Å². The van der Waals surface area contributed by atoms with Gasteiger partial charge in [0, 0.05) is 24.2 Å². The minimum absolute atomic E-state index is 0.295. The van der Waals surface area contributed by atoms with Gasteiger partial charge < -0.3 is 0 Å². The molecule has 0 aliphatic rings. The molecule has 0 aliphatic carbocycles. The minimum Gasteiger partial charge on any atom is -0.265 e. The topological polar surface area (TPSA) is 25.8 Å². The van der Waals surface area contributed by atoms with Crippen molar-refractivity contribution in [2.24, 2.45) is 0 Å². The summed E-state index contributed by atoms with van der Waals surface area (Å²) in [5.41, 5.74) is 1.94. The number of aryl methyl sites for hydroxylation is 1. The lowest BCUT2D eigenvalue weighted by molar-refractivity contribution is 0.624. The third-order valence-electron chi connectivity index (χ3n) is 1.93. The first-order valence-corrected chi connectivity index (χ1v) is 4.30. The molecule has 3 heteroatoms. The summed E-state index contributed by atoms with van der Waals surface area (Å²) in [6.07, 6.45) is 4.89. The predicted molar refractivity (Wildman–Crippen MR) is 52.2 cm³/mol. The third kappa shape index (κ3) is 1.62. The Labute approximate surface area is 81.5 Å².